The lowest BCUT2D eigenvalue weighted by atomic mass is 9.90. The van der Waals surface area contributed by atoms with Crippen LogP contribution in [0.15, 0.2) is 24.3 Å². The lowest BCUT2D eigenvalue weighted by Crippen LogP contribution is -2.67. The van der Waals surface area contributed by atoms with Crippen LogP contribution in [0.4, 0.5) is 15.0 Å². The Morgan fingerprint density at radius 2 is 1.89 bits per heavy atom. The molecule has 248 valence electrons. The van der Waals surface area contributed by atoms with E-state index in [1.54, 1.807) is 4.90 Å². The molecule has 4 heterocycles. The van der Waals surface area contributed by atoms with Crippen molar-refractivity contribution in [2.24, 2.45) is 0 Å². The van der Waals surface area contributed by atoms with E-state index in [1.807, 2.05) is 70.5 Å². The fourth-order valence-electron chi connectivity index (χ4n) is 7.06. The Balaban J connectivity index is 1.51. The van der Waals surface area contributed by atoms with E-state index < -0.39 is 11.7 Å². The number of ether oxygens (including phenoxy) is 1. The standard InChI is InChI=1S/C36H45FN8O2/c1-21-11-10-12-26(23(21)3)28-22(2)17-27-30(29(28)37)39-33(43-19-36(7,20-43)42(8)9)31-32(27)45(41-40-31)25-14-16-44(24(18-25)13-15-38)34(46)47-35(4,5)6/h10-12,17,24-25H,13-14,16,18-20H2,1-9H3/t24-,25+/m1/s1. The molecule has 47 heavy (non-hydrogen) atoms. The van der Waals surface area contributed by atoms with Gasteiger partial charge in [0.05, 0.1) is 30.1 Å². The molecule has 4 aromatic rings. The zero-order valence-corrected chi connectivity index (χ0v) is 29.0. The van der Waals surface area contributed by atoms with E-state index in [-0.39, 0.29) is 35.4 Å². The molecule has 0 unspecified atom stereocenters. The number of amides is 1. The van der Waals surface area contributed by atoms with Gasteiger partial charge in [0.25, 0.3) is 0 Å². The number of benzene rings is 2. The summed E-state index contributed by atoms with van der Waals surface area (Å²) in [7, 11) is 4.13. The van der Waals surface area contributed by atoms with E-state index in [1.165, 1.54) is 0 Å². The van der Waals surface area contributed by atoms with Crippen LogP contribution in [0.2, 0.25) is 0 Å². The highest BCUT2D eigenvalue weighted by Gasteiger charge is 2.43. The first-order valence-corrected chi connectivity index (χ1v) is 16.4. The second-order valence-corrected chi connectivity index (χ2v) is 14.8. The van der Waals surface area contributed by atoms with Crippen LogP contribution in [0.1, 0.15) is 69.7 Å². The fraction of sp³-hybridized carbons (Fsp3) is 0.528. The van der Waals surface area contributed by atoms with Crippen molar-refractivity contribution < 1.29 is 13.9 Å². The quantitative estimate of drug-likeness (QED) is 0.237. The Kier molecular flexibility index (Phi) is 8.15. The molecule has 2 saturated heterocycles. The third kappa shape index (κ3) is 5.67. The minimum Gasteiger partial charge on any atom is -0.444 e. The molecule has 2 aromatic heterocycles. The predicted molar refractivity (Wildman–Crippen MR) is 182 cm³/mol. The van der Waals surface area contributed by atoms with Crippen molar-refractivity contribution in [3.05, 3.63) is 46.8 Å². The van der Waals surface area contributed by atoms with Crippen molar-refractivity contribution in [3.8, 4) is 17.2 Å². The van der Waals surface area contributed by atoms with Gasteiger partial charge >= 0.3 is 6.09 Å². The van der Waals surface area contributed by atoms with Gasteiger partial charge in [-0.25, -0.2) is 18.9 Å². The first-order valence-electron chi connectivity index (χ1n) is 16.4. The van der Waals surface area contributed by atoms with Crippen molar-refractivity contribution in [1.82, 2.24) is 29.8 Å². The number of hydrogen-bond acceptors (Lipinski definition) is 8. The molecular formula is C36H45FN8O2. The summed E-state index contributed by atoms with van der Waals surface area (Å²) in [6.45, 7) is 15.6. The van der Waals surface area contributed by atoms with Crippen LogP contribution in [0.25, 0.3) is 33.1 Å². The number of aromatic nitrogens is 4. The van der Waals surface area contributed by atoms with Crippen LogP contribution in [-0.2, 0) is 4.74 Å². The minimum atomic E-state index is -0.646. The SMILES string of the molecule is Cc1cccc(-c2c(C)cc3c(nc(N4CC(C)(N(C)C)C4)c4nnn([C@H]5CCN(C(=O)OC(C)(C)C)[C@H](CC#N)C5)c43)c2F)c1C. The number of likely N-dealkylation sites (N-methyl/N-ethyl adjacent to an activating group) is 1. The lowest BCUT2D eigenvalue weighted by Gasteiger charge is -2.52. The average Bonchev–Trinajstić information content (AvgIpc) is 3.42. The molecule has 0 saturated carbocycles. The van der Waals surface area contributed by atoms with E-state index >= 15 is 4.39 Å². The molecule has 2 aliphatic rings. The summed E-state index contributed by atoms with van der Waals surface area (Å²) in [6.07, 6.45) is 0.827. The Morgan fingerprint density at radius 1 is 1.17 bits per heavy atom. The molecular weight excluding hydrogens is 595 g/mol. The third-order valence-electron chi connectivity index (χ3n) is 10.1. The third-order valence-corrected chi connectivity index (χ3v) is 10.1. The molecule has 1 amide bonds. The van der Waals surface area contributed by atoms with Crippen molar-refractivity contribution >= 4 is 33.8 Å². The Hall–Kier alpha value is -4.30. The molecule has 0 radical (unpaired) electrons. The van der Waals surface area contributed by atoms with Gasteiger partial charge in [0.1, 0.15) is 16.6 Å². The van der Waals surface area contributed by atoms with E-state index in [4.69, 9.17) is 9.72 Å². The average molecular weight is 641 g/mol. The van der Waals surface area contributed by atoms with Crippen LogP contribution < -0.4 is 4.90 Å². The van der Waals surface area contributed by atoms with Crippen molar-refractivity contribution in [3.63, 3.8) is 0 Å². The lowest BCUT2D eigenvalue weighted by molar-refractivity contribution is 0.00557. The van der Waals surface area contributed by atoms with Gasteiger partial charge in [-0.1, -0.05) is 23.4 Å². The molecule has 10 nitrogen and oxygen atoms in total. The first kappa shape index (κ1) is 32.6. The number of halogens is 1. The van der Waals surface area contributed by atoms with Crippen molar-refractivity contribution in [2.75, 3.05) is 38.6 Å². The zero-order chi connectivity index (χ0) is 34.0. The van der Waals surface area contributed by atoms with Crippen LogP contribution in [0.3, 0.4) is 0 Å². The summed E-state index contributed by atoms with van der Waals surface area (Å²) in [6, 6.07) is 9.71. The molecule has 2 fully saturated rings. The summed E-state index contributed by atoms with van der Waals surface area (Å²) in [5, 5.41) is 19.7. The van der Waals surface area contributed by atoms with Crippen molar-refractivity contribution in [2.45, 2.75) is 91.0 Å². The fourth-order valence-corrected chi connectivity index (χ4v) is 7.06. The van der Waals surface area contributed by atoms with Crippen LogP contribution in [0, 0.1) is 37.9 Å². The molecule has 11 heteroatoms. The maximum atomic E-state index is 17.0. The number of anilines is 1. The highest BCUT2D eigenvalue weighted by Crippen LogP contribution is 2.42. The molecule has 0 aliphatic carbocycles. The highest BCUT2D eigenvalue weighted by atomic mass is 19.1. The summed E-state index contributed by atoms with van der Waals surface area (Å²) < 4.78 is 24.6. The van der Waals surface area contributed by atoms with E-state index in [0.717, 1.165) is 40.9 Å². The van der Waals surface area contributed by atoms with Crippen LogP contribution in [0.5, 0.6) is 0 Å². The van der Waals surface area contributed by atoms with Gasteiger partial charge in [-0.05, 0) is 104 Å². The number of aryl methyl sites for hydroxylation is 2. The Bertz CT molecular complexity index is 1910. The predicted octanol–water partition coefficient (Wildman–Crippen LogP) is 6.71. The molecule has 6 rings (SSSR count). The second-order valence-electron chi connectivity index (χ2n) is 14.8. The van der Waals surface area contributed by atoms with Crippen LogP contribution in [-0.4, -0.2) is 86.8 Å². The topological polar surface area (TPSA) is 103 Å². The molecule has 2 aromatic carbocycles. The van der Waals surface area contributed by atoms with Gasteiger partial charge in [0, 0.05) is 30.6 Å². The van der Waals surface area contributed by atoms with Crippen molar-refractivity contribution in [1.29, 1.82) is 5.26 Å². The van der Waals surface area contributed by atoms with Gasteiger partial charge < -0.3 is 19.4 Å². The summed E-state index contributed by atoms with van der Waals surface area (Å²) in [4.78, 5) is 24.1. The Labute approximate surface area is 276 Å². The summed E-state index contributed by atoms with van der Waals surface area (Å²) >= 11 is 0. The molecule has 2 aliphatic heterocycles. The number of fused-ring (bicyclic) bond motifs is 3. The largest absolute Gasteiger partial charge is 0.444 e. The van der Waals surface area contributed by atoms with E-state index in [2.05, 4.69) is 47.2 Å². The number of pyridine rings is 1. The maximum absolute atomic E-state index is 17.0. The number of likely N-dealkylation sites (tertiary alicyclic amines) is 1. The molecule has 0 bridgehead atoms. The normalized spacial score (nSPS) is 19.7. The smallest absolute Gasteiger partial charge is 0.410 e. The van der Waals surface area contributed by atoms with E-state index in [0.29, 0.717) is 41.7 Å². The number of carbonyl (C=O) groups excluding carboxylic acids is 1. The minimum absolute atomic E-state index is 0.0480. The van der Waals surface area contributed by atoms with Gasteiger partial charge in [0.15, 0.2) is 17.2 Å². The molecule has 0 N–H and O–H groups in total. The summed E-state index contributed by atoms with van der Waals surface area (Å²) in [5.74, 6) is 0.259. The van der Waals surface area contributed by atoms with Crippen LogP contribution >= 0.6 is 0 Å². The van der Waals surface area contributed by atoms with E-state index in [9.17, 15) is 10.1 Å². The van der Waals surface area contributed by atoms with Gasteiger partial charge in [-0.3, -0.25) is 0 Å². The molecule has 0 spiro atoms. The van der Waals surface area contributed by atoms with Gasteiger partial charge in [-0.2, -0.15) is 5.26 Å². The first-order chi connectivity index (χ1) is 22.1. The number of carbonyl (C=O) groups is 1. The number of nitrogens with zero attached hydrogens (tertiary/aromatic N) is 8. The summed E-state index contributed by atoms with van der Waals surface area (Å²) in [5.41, 5.74) is 5.29. The number of hydrogen-bond donors (Lipinski definition) is 0. The monoisotopic (exact) mass is 640 g/mol. The number of nitriles is 1. The van der Waals surface area contributed by atoms with Gasteiger partial charge in [-0.15, -0.1) is 5.10 Å². The zero-order valence-electron chi connectivity index (χ0n) is 29.0. The van der Waals surface area contributed by atoms with Gasteiger partial charge in [0.2, 0.25) is 0 Å². The highest BCUT2D eigenvalue weighted by molar-refractivity contribution is 6.08. The number of piperidine rings is 1. The maximum Gasteiger partial charge on any atom is 0.410 e. The second kappa shape index (κ2) is 11.7. The molecule has 2 atom stereocenters. The Morgan fingerprint density at radius 3 is 2.55 bits per heavy atom. The number of rotatable bonds is 5.